The summed E-state index contributed by atoms with van der Waals surface area (Å²) in [5.41, 5.74) is 0.707. The molecule has 0 unspecified atom stereocenters. The molecule has 0 bridgehead atoms. The second-order valence-corrected chi connectivity index (χ2v) is 9.20. The molecule has 0 amide bonds. The topological polar surface area (TPSA) is 71.1 Å². The first-order valence-electron chi connectivity index (χ1n) is 11.1. The molecule has 0 aromatic heterocycles. The number of esters is 1. The zero-order valence-corrected chi connectivity index (χ0v) is 20.5. The fraction of sp³-hybridized carbons (Fsp3) is 0.407. The van der Waals surface area contributed by atoms with Crippen molar-refractivity contribution < 1.29 is 28.5 Å². The van der Waals surface area contributed by atoms with Crippen LogP contribution in [0.4, 0.5) is 0 Å². The van der Waals surface area contributed by atoms with Gasteiger partial charge in [-0.2, -0.15) is 0 Å². The van der Waals surface area contributed by atoms with Crippen LogP contribution in [0.5, 0.6) is 17.2 Å². The Hall–Kier alpha value is -3.28. The summed E-state index contributed by atoms with van der Waals surface area (Å²) in [7, 11) is 0. The summed E-state index contributed by atoms with van der Waals surface area (Å²) in [6.45, 7) is 13.0. The number of carbonyl (C=O) groups excluding carboxylic acids is 2. The number of carbonyl (C=O) groups is 2. The predicted octanol–water partition coefficient (Wildman–Crippen LogP) is 6.08. The molecule has 0 saturated heterocycles. The molecule has 0 heterocycles. The molecule has 0 aliphatic carbocycles. The molecule has 2 rings (SSSR count). The molecule has 6 heteroatoms. The van der Waals surface area contributed by atoms with Crippen molar-refractivity contribution in [3.05, 3.63) is 59.7 Å². The molecule has 2 aromatic rings. The normalized spacial score (nSPS) is 11.7. The largest absolute Gasteiger partial charge is 0.491 e. The van der Waals surface area contributed by atoms with Gasteiger partial charge in [-0.05, 0) is 97.0 Å². The van der Waals surface area contributed by atoms with Crippen LogP contribution in [0.15, 0.2) is 48.5 Å². The van der Waals surface area contributed by atoms with E-state index in [0.29, 0.717) is 22.8 Å². The molecule has 6 nitrogen and oxygen atoms in total. The molecule has 0 spiro atoms. The standard InChI is InChI=1S/C27H34O6/c1-18(2)32-23-14-10-21(25(16-23)33-19(3)4)11-15-24(28)20-8-12-22(13-9-20)30-17-31-26(29)27(5,6)7/h8-16,18-19H,17H2,1-7H3. The maximum Gasteiger partial charge on any atom is 0.314 e. The van der Waals surface area contributed by atoms with E-state index in [4.69, 9.17) is 18.9 Å². The maximum absolute atomic E-state index is 12.6. The molecule has 0 aliphatic rings. The maximum atomic E-state index is 12.6. The monoisotopic (exact) mass is 454 g/mol. The minimum atomic E-state index is -0.589. The average molecular weight is 455 g/mol. The van der Waals surface area contributed by atoms with Crippen LogP contribution in [-0.2, 0) is 9.53 Å². The van der Waals surface area contributed by atoms with Crippen molar-refractivity contribution in [2.75, 3.05) is 6.79 Å². The highest BCUT2D eigenvalue weighted by molar-refractivity contribution is 6.07. The van der Waals surface area contributed by atoms with Crippen LogP contribution in [0.25, 0.3) is 6.08 Å². The van der Waals surface area contributed by atoms with Crippen molar-refractivity contribution in [2.45, 2.75) is 60.7 Å². The molecule has 0 atom stereocenters. The molecule has 33 heavy (non-hydrogen) atoms. The molecule has 0 radical (unpaired) electrons. The lowest BCUT2D eigenvalue weighted by molar-refractivity contribution is -0.159. The minimum absolute atomic E-state index is 0.0163. The van der Waals surface area contributed by atoms with E-state index in [1.165, 1.54) is 6.08 Å². The summed E-state index contributed by atoms with van der Waals surface area (Å²) in [5, 5.41) is 0. The first-order valence-corrected chi connectivity index (χ1v) is 11.1. The van der Waals surface area contributed by atoms with Crippen molar-refractivity contribution in [3.8, 4) is 17.2 Å². The minimum Gasteiger partial charge on any atom is -0.491 e. The third kappa shape index (κ3) is 8.64. The third-order valence-corrected chi connectivity index (χ3v) is 4.30. The Morgan fingerprint density at radius 3 is 2.06 bits per heavy atom. The van der Waals surface area contributed by atoms with Crippen LogP contribution in [0.2, 0.25) is 0 Å². The Kier molecular flexibility index (Phi) is 9.09. The van der Waals surface area contributed by atoms with E-state index in [0.717, 1.165) is 5.56 Å². The highest BCUT2D eigenvalue weighted by atomic mass is 16.7. The fourth-order valence-corrected chi connectivity index (χ4v) is 2.70. The molecule has 2 aromatic carbocycles. The zero-order valence-electron chi connectivity index (χ0n) is 20.5. The van der Waals surface area contributed by atoms with Gasteiger partial charge >= 0.3 is 5.97 Å². The molecule has 0 N–H and O–H groups in total. The van der Waals surface area contributed by atoms with Crippen LogP contribution >= 0.6 is 0 Å². The van der Waals surface area contributed by atoms with Crippen LogP contribution in [-0.4, -0.2) is 30.8 Å². The van der Waals surface area contributed by atoms with E-state index in [2.05, 4.69) is 0 Å². The lowest BCUT2D eigenvalue weighted by Crippen LogP contribution is -2.24. The van der Waals surface area contributed by atoms with Gasteiger partial charge in [0.2, 0.25) is 6.79 Å². The molecule has 178 valence electrons. The highest BCUT2D eigenvalue weighted by Gasteiger charge is 2.23. The third-order valence-electron chi connectivity index (χ3n) is 4.30. The Balaban J connectivity index is 2.04. The van der Waals surface area contributed by atoms with Gasteiger partial charge in [0.15, 0.2) is 5.78 Å². The first kappa shape index (κ1) is 26.0. The van der Waals surface area contributed by atoms with Gasteiger partial charge in [-0.25, -0.2) is 0 Å². The molecule has 0 saturated carbocycles. The van der Waals surface area contributed by atoms with Gasteiger partial charge in [-0.1, -0.05) is 0 Å². The number of hydrogen-bond donors (Lipinski definition) is 0. The zero-order chi connectivity index (χ0) is 24.6. The van der Waals surface area contributed by atoms with E-state index in [-0.39, 0.29) is 30.8 Å². The van der Waals surface area contributed by atoms with Crippen molar-refractivity contribution >= 4 is 17.8 Å². The number of rotatable bonds is 10. The molecular weight excluding hydrogens is 420 g/mol. The second kappa shape index (κ2) is 11.5. The quantitative estimate of drug-likeness (QED) is 0.187. The molecule has 0 fully saturated rings. The smallest absolute Gasteiger partial charge is 0.314 e. The van der Waals surface area contributed by atoms with Gasteiger partial charge in [0.05, 0.1) is 17.6 Å². The van der Waals surface area contributed by atoms with Crippen LogP contribution in [0, 0.1) is 5.41 Å². The number of ketones is 1. The van der Waals surface area contributed by atoms with E-state index in [1.54, 1.807) is 51.1 Å². The Morgan fingerprint density at radius 1 is 0.879 bits per heavy atom. The van der Waals surface area contributed by atoms with Gasteiger partial charge < -0.3 is 18.9 Å². The van der Waals surface area contributed by atoms with Crippen LogP contribution < -0.4 is 14.2 Å². The fourth-order valence-electron chi connectivity index (χ4n) is 2.70. The number of hydrogen-bond acceptors (Lipinski definition) is 6. The summed E-state index contributed by atoms with van der Waals surface area (Å²) >= 11 is 0. The van der Waals surface area contributed by atoms with Crippen LogP contribution in [0.3, 0.4) is 0 Å². The average Bonchev–Trinajstić information content (AvgIpc) is 2.72. The highest BCUT2D eigenvalue weighted by Crippen LogP contribution is 2.28. The lowest BCUT2D eigenvalue weighted by atomic mass is 9.98. The van der Waals surface area contributed by atoms with E-state index in [9.17, 15) is 9.59 Å². The van der Waals surface area contributed by atoms with E-state index < -0.39 is 5.41 Å². The Bertz CT molecular complexity index is 965. The van der Waals surface area contributed by atoms with E-state index in [1.807, 2.05) is 45.9 Å². The second-order valence-electron chi connectivity index (χ2n) is 9.20. The van der Waals surface area contributed by atoms with Gasteiger partial charge in [-0.3, -0.25) is 9.59 Å². The van der Waals surface area contributed by atoms with E-state index >= 15 is 0 Å². The molecule has 0 aliphatic heterocycles. The Labute approximate surface area is 196 Å². The predicted molar refractivity (Wildman–Crippen MR) is 129 cm³/mol. The summed E-state index contributed by atoms with van der Waals surface area (Å²) in [6, 6.07) is 12.2. The lowest BCUT2D eigenvalue weighted by Gasteiger charge is -2.16. The van der Waals surface area contributed by atoms with Crippen molar-refractivity contribution in [1.29, 1.82) is 0 Å². The van der Waals surface area contributed by atoms with Crippen molar-refractivity contribution in [2.24, 2.45) is 5.41 Å². The Morgan fingerprint density at radius 2 is 1.48 bits per heavy atom. The van der Waals surface area contributed by atoms with Gasteiger partial charge in [0.1, 0.15) is 17.2 Å². The van der Waals surface area contributed by atoms with Crippen LogP contribution in [0.1, 0.15) is 64.4 Å². The number of ether oxygens (including phenoxy) is 4. The summed E-state index contributed by atoms with van der Waals surface area (Å²) in [5.74, 6) is 1.38. The van der Waals surface area contributed by atoms with Crippen molar-refractivity contribution in [3.63, 3.8) is 0 Å². The summed E-state index contributed by atoms with van der Waals surface area (Å²) < 4.78 is 22.2. The first-order chi connectivity index (χ1) is 15.5. The van der Waals surface area contributed by atoms with Gasteiger partial charge in [0.25, 0.3) is 0 Å². The SMILES string of the molecule is CC(C)Oc1ccc(C=CC(=O)c2ccc(OCOC(=O)C(C)(C)C)cc2)c(OC(C)C)c1. The number of allylic oxidation sites excluding steroid dienone is 1. The van der Waals surface area contributed by atoms with Gasteiger partial charge in [0, 0.05) is 17.2 Å². The van der Waals surface area contributed by atoms with Crippen molar-refractivity contribution in [1.82, 2.24) is 0 Å². The van der Waals surface area contributed by atoms with Gasteiger partial charge in [-0.15, -0.1) is 0 Å². The molecular formula is C27H34O6. The summed E-state index contributed by atoms with van der Waals surface area (Å²) in [4.78, 5) is 24.4. The number of benzene rings is 2. The summed E-state index contributed by atoms with van der Waals surface area (Å²) in [6.07, 6.45) is 3.27.